The van der Waals surface area contributed by atoms with Crippen molar-refractivity contribution >= 4 is 40.7 Å². The standard InChI is InChI=1S/C26H35N3O4S2/c1-18(2)27-25(31)28-20-9-7-8-19(16-20)21-11-12-22(35-21)26(13-4-6-15-34-26)17-23(30)29-33-24-10-3-5-14-32-24/h7-9,11-12,16,18,24H,3-6,10,13-15,17H2,1-2H3,(H,29,30)(H2,27,28,31)/t24?,26-/m0/s1. The van der Waals surface area contributed by atoms with Crippen molar-refractivity contribution in [1.82, 2.24) is 10.8 Å². The monoisotopic (exact) mass is 517 g/mol. The van der Waals surface area contributed by atoms with E-state index in [2.05, 4.69) is 28.2 Å². The van der Waals surface area contributed by atoms with Gasteiger partial charge >= 0.3 is 6.03 Å². The third-order valence-corrected chi connectivity index (χ3v) is 9.20. The zero-order chi connectivity index (χ0) is 24.7. The third kappa shape index (κ3) is 7.22. The molecule has 2 aliphatic rings. The molecule has 1 aromatic carbocycles. The summed E-state index contributed by atoms with van der Waals surface area (Å²) < 4.78 is 5.31. The lowest BCUT2D eigenvalue weighted by molar-refractivity contribution is -0.200. The summed E-state index contributed by atoms with van der Waals surface area (Å²) in [5.74, 6) is 0.933. The molecule has 3 heterocycles. The van der Waals surface area contributed by atoms with Crippen LogP contribution in [0.3, 0.4) is 0 Å². The molecule has 1 unspecified atom stereocenters. The number of hydroxylamine groups is 1. The van der Waals surface area contributed by atoms with Crippen molar-refractivity contribution in [2.45, 2.75) is 75.9 Å². The van der Waals surface area contributed by atoms with E-state index in [1.54, 1.807) is 11.3 Å². The van der Waals surface area contributed by atoms with Crippen LogP contribution in [0.5, 0.6) is 0 Å². The Hall–Kier alpha value is -2.07. The normalized spacial score (nSPS) is 22.5. The average molecular weight is 518 g/mol. The maximum atomic E-state index is 12.9. The van der Waals surface area contributed by atoms with Gasteiger partial charge in [-0.2, -0.15) is 0 Å². The van der Waals surface area contributed by atoms with Crippen molar-refractivity contribution in [2.75, 3.05) is 17.7 Å². The predicted molar refractivity (Wildman–Crippen MR) is 142 cm³/mol. The van der Waals surface area contributed by atoms with Crippen LogP contribution >= 0.6 is 23.1 Å². The second kappa shape index (κ2) is 12.3. The van der Waals surface area contributed by atoms with Gasteiger partial charge in [0, 0.05) is 40.9 Å². The first kappa shape index (κ1) is 26.0. The number of rotatable bonds is 8. The number of carbonyl (C=O) groups excluding carboxylic acids is 2. The van der Waals surface area contributed by atoms with Gasteiger partial charge in [0.1, 0.15) is 0 Å². The van der Waals surface area contributed by atoms with Crippen molar-refractivity contribution in [3.05, 3.63) is 41.3 Å². The molecular formula is C26H35N3O4S2. The number of hydrogen-bond acceptors (Lipinski definition) is 6. The van der Waals surface area contributed by atoms with E-state index in [4.69, 9.17) is 9.57 Å². The topological polar surface area (TPSA) is 88.7 Å². The minimum atomic E-state index is -0.348. The first-order valence-corrected chi connectivity index (χ1v) is 14.2. The van der Waals surface area contributed by atoms with Gasteiger partial charge in [0.15, 0.2) is 6.29 Å². The lowest BCUT2D eigenvalue weighted by Crippen LogP contribution is -2.37. The quantitative estimate of drug-likeness (QED) is 0.373. The second-order valence-electron chi connectivity index (χ2n) is 9.41. The van der Waals surface area contributed by atoms with Crippen LogP contribution in [0.25, 0.3) is 10.4 Å². The van der Waals surface area contributed by atoms with Crippen LogP contribution in [0.4, 0.5) is 10.5 Å². The Morgan fingerprint density at radius 2 is 2.06 bits per heavy atom. The molecule has 35 heavy (non-hydrogen) atoms. The van der Waals surface area contributed by atoms with E-state index in [-0.39, 0.29) is 29.0 Å². The highest BCUT2D eigenvalue weighted by molar-refractivity contribution is 8.00. The maximum Gasteiger partial charge on any atom is 0.319 e. The molecule has 0 aliphatic carbocycles. The summed E-state index contributed by atoms with van der Waals surface area (Å²) in [6.07, 6.45) is 6.16. The number of hydrogen-bond donors (Lipinski definition) is 3. The number of thioether (sulfide) groups is 1. The van der Waals surface area contributed by atoms with E-state index in [1.807, 2.05) is 49.9 Å². The third-order valence-electron chi connectivity index (χ3n) is 6.12. The molecule has 0 spiro atoms. The molecule has 9 heteroatoms. The Morgan fingerprint density at radius 3 is 2.80 bits per heavy atom. The summed E-state index contributed by atoms with van der Waals surface area (Å²) >= 11 is 3.60. The first-order valence-electron chi connectivity index (χ1n) is 12.4. The number of urea groups is 1. The van der Waals surface area contributed by atoms with Crippen molar-refractivity contribution < 1.29 is 19.2 Å². The zero-order valence-electron chi connectivity index (χ0n) is 20.4. The zero-order valence-corrected chi connectivity index (χ0v) is 22.1. The number of benzene rings is 1. The van der Waals surface area contributed by atoms with Gasteiger partial charge in [0.2, 0.25) is 5.91 Å². The van der Waals surface area contributed by atoms with Crippen LogP contribution in [-0.4, -0.2) is 36.6 Å². The Kier molecular flexibility index (Phi) is 9.10. The highest BCUT2D eigenvalue weighted by atomic mass is 32.2. The Labute approximate surface area is 215 Å². The molecular weight excluding hydrogens is 482 g/mol. The molecule has 4 rings (SSSR count). The molecule has 2 aromatic rings. The fraction of sp³-hybridized carbons (Fsp3) is 0.538. The van der Waals surface area contributed by atoms with Crippen molar-refractivity contribution in [1.29, 1.82) is 0 Å². The number of anilines is 1. The van der Waals surface area contributed by atoms with Crippen LogP contribution < -0.4 is 16.1 Å². The molecule has 0 saturated carbocycles. The minimum absolute atomic E-state index is 0.0695. The van der Waals surface area contributed by atoms with E-state index in [0.717, 1.165) is 54.0 Å². The van der Waals surface area contributed by atoms with Gasteiger partial charge in [0.25, 0.3) is 0 Å². The molecule has 2 aliphatic heterocycles. The van der Waals surface area contributed by atoms with Crippen LogP contribution in [-0.2, 0) is 19.1 Å². The fourth-order valence-corrected chi connectivity index (χ4v) is 7.31. The summed E-state index contributed by atoms with van der Waals surface area (Å²) in [5, 5.41) is 5.75. The smallest absolute Gasteiger partial charge is 0.319 e. The van der Waals surface area contributed by atoms with Gasteiger partial charge < -0.3 is 15.4 Å². The van der Waals surface area contributed by atoms with Crippen LogP contribution in [0, 0.1) is 0 Å². The van der Waals surface area contributed by atoms with E-state index >= 15 is 0 Å². The van der Waals surface area contributed by atoms with Gasteiger partial charge in [-0.15, -0.1) is 23.1 Å². The summed E-state index contributed by atoms with van der Waals surface area (Å²) in [7, 11) is 0. The number of thiophene rings is 1. The maximum absolute atomic E-state index is 12.9. The van der Waals surface area contributed by atoms with Crippen LogP contribution in [0.15, 0.2) is 36.4 Å². The highest BCUT2D eigenvalue weighted by Crippen LogP contribution is 2.51. The molecule has 3 N–H and O–H groups in total. The van der Waals surface area contributed by atoms with Gasteiger partial charge in [-0.05, 0) is 75.1 Å². The van der Waals surface area contributed by atoms with E-state index < -0.39 is 0 Å². The molecule has 0 radical (unpaired) electrons. The van der Waals surface area contributed by atoms with Gasteiger partial charge in [-0.1, -0.05) is 18.6 Å². The number of ether oxygens (including phenoxy) is 1. The molecule has 0 bridgehead atoms. The lowest BCUT2D eigenvalue weighted by Gasteiger charge is -2.35. The summed E-state index contributed by atoms with van der Waals surface area (Å²) in [6, 6.07) is 12.0. The molecule has 190 valence electrons. The summed E-state index contributed by atoms with van der Waals surface area (Å²) in [6.45, 7) is 4.54. The highest BCUT2D eigenvalue weighted by Gasteiger charge is 2.38. The fourth-order valence-electron chi connectivity index (χ4n) is 4.42. The van der Waals surface area contributed by atoms with Crippen LogP contribution in [0.1, 0.15) is 63.7 Å². The van der Waals surface area contributed by atoms with Gasteiger partial charge in [-0.25, -0.2) is 15.1 Å². The molecule has 3 amide bonds. The Balaban J connectivity index is 1.45. The van der Waals surface area contributed by atoms with Crippen molar-refractivity contribution in [3.63, 3.8) is 0 Å². The Morgan fingerprint density at radius 1 is 1.17 bits per heavy atom. The second-order valence-corrected chi connectivity index (χ2v) is 12.0. The number of carbonyl (C=O) groups is 2. The molecule has 2 saturated heterocycles. The van der Waals surface area contributed by atoms with E-state index in [9.17, 15) is 9.59 Å². The minimum Gasteiger partial charge on any atom is -0.350 e. The van der Waals surface area contributed by atoms with Gasteiger partial charge in [-0.3, -0.25) is 4.79 Å². The Bertz CT molecular complexity index is 998. The SMILES string of the molecule is CC(C)NC(=O)Nc1cccc(-c2ccc([C@@]3(CC(=O)NOC4CCCCO4)CCCCS3)s2)c1. The van der Waals surface area contributed by atoms with Gasteiger partial charge in [0.05, 0.1) is 4.75 Å². The molecule has 1 aromatic heterocycles. The first-order chi connectivity index (χ1) is 16.9. The van der Waals surface area contributed by atoms with E-state index in [1.165, 1.54) is 11.3 Å². The van der Waals surface area contributed by atoms with Crippen LogP contribution in [0.2, 0.25) is 0 Å². The van der Waals surface area contributed by atoms with E-state index in [0.29, 0.717) is 13.0 Å². The molecule has 7 nitrogen and oxygen atoms in total. The number of amides is 3. The van der Waals surface area contributed by atoms with Crippen molar-refractivity contribution in [2.24, 2.45) is 0 Å². The lowest BCUT2D eigenvalue weighted by atomic mass is 9.94. The summed E-state index contributed by atoms with van der Waals surface area (Å²) in [4.78, 5) is 32.9. The molecule has 2 fully saturated rings. The molecule has 2 atom stereocenters. The largest absolute Gasteiger partial charge is 0.350 e. The predicted octanol–water partition coefficient (Wildman–Crippen LogP) is 6.02. The van der Waals surface area contributed by atoms with Crippen molar-refractivity contribution in [3.8, 4) is 10.4 Å². The number of nitrogens with one attached hydrogen (secondary N) is 3. The summed E-state index contributed by atoms with van der Waals surface area (Å²) in [5.41, 5.74) is 4.45. The average Bonchev–Trinajstić information content (AvgIpc) is 3.35.